The number of aliphatic hydroxyl groups is 1. The van der Waals surface area contributed by atoms with Crippen LogP contribution in [-0.4, -0.2) is 43.1 Å². The van der Waals surface area contributed by atoms with E-state index in [1.165, 1.54) is 5.57 Å². The van der Waals surface area contributed by atoms with Crippen LogP contribution in [0.25, 0.3) is 0 Å². The van der Waals surface area contributed by atoms with Crippen molar-refractivity contribution >= 4 is 14.1 Å². The molecule has 5 heteroatoms. The van der Waals surface area contributed by atoms with Gasteiger partial charge >= 0.3 is 0 Å². The fraction of sp³-hybridized carbons (Fsp3) is 0.880. The Morgan fingerprint density at radius 2 is 1.83 bits per heavy atom. The van der Waals surface area contributed by atoms with Crippen molar-refractivity contribution in [3.05, 3.63) is 11.6 Å². The van der Waals surface area contributed by atoms with Crippen molar-refractivity contribution in [2.75, 3.05) is 0 Å². The Morgan fingerprint density at radius 1 is 1.20 bits per heavy atom. The molecule has 0 aromatic heterocycles. The first-order chi connectivity index (χ1) is 14.1. The zero-order valence-electron chi connectivity index (χ0n) is 20.3. The second-order valence-corrected chi connectivity index (χ2v) is 15.5. The zero-order chi connectivity index (χ0) is 22.3. The summed E-state index contributed by atoms with van der Waals surface area (Å²) in [4.78, 5) is 13.8. The number of allylic oxidation sites excluding steroid dienone is 2. The highest BCUT2D eigenvalue weighted by Crippen LogP contribution is 2.52. The molecule has 0 amide bonds. The van der Waals surface area contributed by atoms with Crippen LogP contribution in [0.3, 0.4) is 0 Å². The lowest BCUT2D eigenvalue weighted by molar-refractivity contribution is -0.254. The highest BCUT2D eigenvalue weighted by atomic mass is 28.4. The van der Waals surface area contributed by atoms with Gasteiger partial charge in [-0.2, -0.15) is 0 Å². The van der Waals surface area contributed by atoms with Gasteiger partial charge in [0.1, 0.15) is 11.9 Å². The smallest absolute Gasteiger partial charge is 0.192 e. The minimum Gasteiger partial charge on any atom is -0.408 e. The third-order valence-electron chi connectivity index (χ3n) is 9.12. The molecule has 2 aliphatic heterocycles. The summed E-state index contributed by atoms with van der Waals surface area (Å²) in [5.41, 5.74) is 0.380. The molecule has 1 N–H and O–H groups in total. The van der Waals surface area contributed by atoms with Crippen molar-refractivity contribution in [2.24, 2.45) is 17.3 Å². The number of Topliss-reactive ketones (excluding diaryl/α,β-unsaturated/α-hetero) is 1. The van der Waals surface area contributed by atoms with Gasteiger partial charge in [-0.3, -0.25) is 4.79 Å². The van der Waals surface area contributed by atoms with Crippen molar-refractivity contribution < 1.29 is 19.1 Å². The maximum atomic E-state index is 13.8. The van der Waals surface area contributed by atoms with Crippen LogP contribution in [0, 0.1) is 17.3 Å². The molecule has 30 heavy (non-hydrogen) atoms. The summed E-state index contributed by atoms with van der Waals surface area (Å²) in [7, 11) is -1.98. The van der Waals surface area contributed by atoms with E-state index < -0.39 is 37.5 Å². The lowest BCUT2D eigenvalue weighted by atomic mass is 9.57. The van der Waals surface area contributed by atoms with Gasteiger partial charge < -0.3 is 14.3 Å². The summed E-state index contributed by atoms with van der Waals surface area (Å²) >= 11 is 0. The first kappa shape index (κ1) is 24.2. The molecule has 1 saturated heterocycles. The van der Waals surface area contributed by atoms with E-state index in [2.05, 4.69) is 54.5 Å². The zero-order valence-corrected chi connectivity index (χ0v) is 21.3. The number of ether oxygens (including phenoxy) is 1. The van der Waals surface area contributed by atoms with Crippen molar-refractivity contribution in [1.82, 2.24) is 0 Å². The van der Waals surface area contributed by atoms with Gasteiger partial charge in [0.2, 0.25) is 0 Å². The molecule has 2 aliphatic carbocycles. The van der Waals surface area contributed by atoms with E-state index in [-0.39, 0.29) is 17.8 Å². The van der Waals surface area contributed by atoms with E-state index in [0.717, 1.165) is 50.2 Å². The van der Waals surface area contributed by atoms with Gasteiger partial charge in [-0.1, -0.05) is 46.3 Å². The molecule has 7 atom stereocenters. The van der Waals surface area contributed by atoms with Gasteiger partial charge in [-0.15, -0.1) is 0 Å². The molecule has 0 aromatic carbocycles. The Kier molecular flexibility index (Phi) is 7.09. The predicted octanol–water partition coefficient (Wildman–Crippen LogP) is 5.65. The monoisotopic (exact) mass is 436 g/mol. The molecular weight excluding hydrogens is 392 g/mol. The van der Waals surface area contributed by atoms with Gasteiger partial charge in [0.25, 0.3) is 0 Å². The van der Waals surface area contributed by atoms with Crippen LogP contribution in [0.4, 0.5) is 0 Å². The van der Waals surface area contributed by atoms with Crippen LogP contribution in [0.5, 0.6) is 0 Å². The predicted molar refractivity (Wildman–Crippen MR) is 124 cm³/mol. The molecule has 4 rings (SSSR count). The normalized spacial score (nSPS) is 44.3. The van der Waals surface area contributed by atoms with Gasteiger partial charge in [0.05, 0.1) is 23.7 Å². The van der Waals surface area contributed by atoms with Crippen LogP contribution >= 0.6 is 0 Å². The molecule has 0 unspecified atom stereocenters. The van der Waals surface area contributed by atoms with E-state index in [9.17, 15) is 9.90 Å². The second-order valence-electron chi connectivity index (χ2n) is 10.8. The van der Waals surface area contributed by atoms with Crippen molar-refractivity contribution in [1.29, 1.82) is 0 Å². The second kappa shape index (κ2) is 8.80. The average molecular weight is 437 g/mol. The van der Waals surface area contributed by atoms with Crippen molar-refractivity contribution in [3.8, 4) is 0 Å². The number of carbonyl (C=O) groups excluding carboxylic acids is 1. The SMILES string of the molecule is CC[Si](CC)(CC)O[C@@H]1[C@@H](O)[C@H]2C(=O)[C@@]3(C)CC/C(C)=C\CC[C@]1(C)O[C@@H]2C[C@H]3C. The Balaban J connectivity index is 2.07. The summed E-state index contributed by atoms with van der Waals surface area (Å²) in [6.45, 7) is 15.3. The Hall–Kier alpha value is -0.493. The summed E-state index contributed by atoms with van der Waals surface area (Å²) < 4.78 is 13.7. The molecule has 2 fully saturated rings. The first-order valence-electron chi connectivity index (χ1n) is 12.3. The van der Waals surface area contributed by atoms with Crippen LogP contribution < -0.4 is 0 Å². The van der Waals surface area contributed by atoms with Crippen LogP contribution in [0.1, 0.15) is 80.6 Å². The lowest BCUT2D eigenvalue weighted by Crippen LogP contribution is -2.68. The summed E-state index contributed by atoms with van der Waals surface area (Å²) in [6.07, 6.45) is 5.28. The number of rotatable bonds is 5. The van der Waals surface area contributed by atoms with E-state index >= 15 is 0 Å². The first-order valence-corrected chi connectivity index (χ1v) is 14.8. The molecule has 0 spiro atoms. The van der Waals surface area contributed by atoms with Crippen LogP contribution in [0.15, 0.2) is 11.6 Å². The maximum Gasteiger partial charge on any atom is 0.192 e. The molecule has 172 valence electrons. The van der Waals surface area contributed by atoms with Gasteiger partial charge in [0.15, 0.2) is 8.32 Å². The van der Waals surface area contributed by atoms with Crippen LogP contribution in [0.2, 0.25) is 18.1 Å². The molecule has 0 radical (unpaired) electrons. The highest BCUT2D eigenvalue weighted by Gasteiger charge is 2.61. The van der Waals surface area contributed by atoms with Gasteiger partial charge in [0, 0.05) is 5.41 Å². The van der Waals surface area contributed by atoms with E-state index in [1.54, 1.807) is 0 Å². The largest absolute Gasteiger partial charge is 0.408 e. The third-order valence-corrected chi connectivity index (χ3v) is 13.7. The Bertz CT molecular complexity index is 664. The fourth-order valence-electron chi connectivity index (χ4n) is 6.20. The fourth-order valence-corrected chi connectivity index (χ4v) is 9.13. The molecule has 4 aliphatic rings. The molecular formula is C25H44O4Si. The number of carbonyl (C=O) groups is 1. The average Bonchev–Trinajstić information content (AvgIpc) is 2.71. The van der Waals surface area contributed by atoms with Gasteiger partial charge in [-0.25, -0.2) is 0 Å². The molecule has 2 heterocycles. The topological polar surface area (TPSA) is 55.8 Å². The van der Waals surface area contributed by atoms with Crippen molar-refractivity contribution in [2.45, 2.75) is 123 Å². The number of hydrogen-bond donors (Lipinski definition) is 1. The van der Waals surface area contributed by atoms with E-state index in [4.69, 9.17) is 9.16 Å². The Morgan fingerprint density at radius 3 is 2.43 bits per heavy atom. The number of hydrogen-bond acceptors (Lipinski definition) is 4. The lowest BCUT2D eigenvalue weighted by Gasteiger charge is -2.57. The summed E-state index contributed by atoms with van der Waals surface area (Å²) in [5.74, 6) is -0.0208. The van der Waals surface area contributed by atoms with Crippen molar-refractivity contribution in [3.63, 3.8) is 0 Å². The van der Waals surface area contributed by atoms with E-state index in [1.807, 2.05) is 0 Å². The Labute approximate surface area is 184 Å². The minimum absolute atomic E-state index is 0.194. The number of ketones is 1. The summed E-state index contributed by atoms with van der Waals surface area (Å²) in [5, 5.41) is 11.7. The minimum atomic E-state index is -1.98. The number of aliphatic hydroxyl groups excluding tert-OH is 1. The molecule has 4 nitrogen and oxygen atoms in total. The van der Waals surface area contributed by atoms with Gasteiger partial charge in [-0.05, 0) is 70.0 Å². The number of fused-ring (bicyclic) bond motifs is 6. The summed E-state index contributed by atoms with van der Waals surface area (Å²) in [6, 6.07) is 3.07. The maximum absolute atomic E-state index is 13.8. The van der Waals surface area contributed by atoms with E-state index in [0.29, 0.717) is 0 Å². The molecule has 0 aromatic rings. The third kappa shape index (κ3) is 4.00. The molecule has 1 saturated carbocycles. The molecule has 4 bridgehead atoms. The standard InChI is InChI=1S/C25H44O4Si/c1-8-30(9-2,10-3)29-23-21(26)20-19-16-18(5)24(6,22(20)27)15-13-17(4)12-11-14-25(23,7)28-19/h12,18-21,23,26H,8-11,13-16H2,1-7H3/b17-12-/t18-,19-,20+,21+,23-,24+,25+/m1/s1. The quantitative estimate of drug-likeness (QED) is 0.447. The van der Waals surface area contributed by atoms with Crippen LogP contribution in [-0.2, 0) is 14.0 Å². The highest BCUT2D eigenvalue weighted by molar-refractivity contribution is 6.73.